The molecule has 0 amide bonds. The van der Waals surface area contributed by atoms with Crippen molar-refractivity contribution in [2.24, 2.45) is 10.9 Å². The van der Waals surface area contributed by atoms with Crippen LogP contribution < -0.4 is 5.73 Å². The van der Waals surface area contributed by atoms with Crippen molar-refractivity contribution in [2.75, 3.05) is 7.05 Å². The van der Waals surface area contributed by atoms with Crippen LogP contribution in [0.15, 0.2) is 23.5 Å². The summed E-state index contributed by atoms with van der Waals surface area (Å²) in [6, 6.07) is 3.81. The van der Waals surface area contributed by atoms with Gasteiger partial charge in [-0.15, -0.1) is 0 Å². The number of aromatic nitrogens is 1. The number of hydrogen-bond donors (Lipinski definition) is 2. The molecule has 5 nitrogen and oxygen atoms in total. The fraction of sp³-hybridized carbons (Fsp3) is 0.455. The third-order valence-corrected chi connectivity index (χ3v) is 2.72. The number of amidine groups is 1. The Morgan fingerprint density at radius 3 is 2.94 bits per heavy atom. The van der Waals surface area contributed by atoms with Crippen molar-refractivity contribution in [2.45, 2.75) is 26.4 Å². The van der Waals surface area contributed by atoms with E-state index in [4.69, 9.17) is 10.9 Å². The minimum atomic E-state index is -0.119. The summed E-state index contributed by atoms with van der Waals surface area (Å²) in [6.07, 6.45) is 1.77. The van der Waals surface area contributed by atoms with Crippen LogP contribution in [0.4, 0.5) is 0 Å². The van der Waals surface area contributed by atoms with Gasteiger partial charge in [-0.1, -0.05) is 11.2 Å². The highest BCUT2D eigenvalue weighted by Gasteiger charge is 2.15. The molecule has 0 saturated heterocycles. The molecule has 0 spiro atoms. The summed E-state index contributed by atoms with van der Waals surface area (Å²) in [5, 5.41) is 11.6. The topological polar surface area (TPSA) is 74.7 Å². The van der Waals surface area contributed by atoms with E-state index in [0.29, 0.717) is 6.54 Å². The van der Waals surface area contributed by atoms with Crippen LogP contribution in [0.1, 0.15) is 18.2 Å². The van der Waals surface area contributed by atoms with Crippen LogP contribution in [-0.2, 0) is 6.54 Å². The number of nitrogens with two attached hydrogens (primary N) is 1. The third kappa shape index (κ3) is 2.93. The molecule has 0 aromatic carbocycles. The molecule has 1 atom stereocenters. The fourth-order valence-electron chi connectivity index (χ4n) is 1.37. The average molecular weight is 222 g/mol. The highest BCUT2D eigenvalue weighted by Crippen LogP contribution is 2.08. The summed E-state index contributed by atoms with van der Waals surface area (Å²) in [5.74, 6) is 0.205. The van der Waals surface area contributed by atoms with Gasteiger partial charge in [0.05, 0.1) is 11.7 Å². The van der Waals surface area contributed by atoms with Crippen molar-refractivity contribution >= 4 is 5.84 Å². The predicted octanol–water partition coefficient (Wildman–Crippen LogP) is 0.957. The zero-order valence-electron chi connectivity index (χ0n) is 9.88. The van der Waals surface area contributed by atoms with Crippen LogP contribution in [0.2, 0.25) is 0 Å². The Balaban J connectivity index is 2.72. The molecule has 0 bridgehead atoms. The van der Waals surface area contributed by atoms with E-state index in [1.165, 1.54) is 0 Å². The van der Waals surface area contributed by atoms with Gasteiger partial charge in [0.2, 0.25) is 0 Å². The van der Waals surface area contributed by atoms with E-state index >= 15 is 0 Å². The Morgan fingerprint density at radius 1 is 1.69 bits per heavy atom. The van der Waals surface area contributed by atoms with Crippen LogP contribution >= 0.6 is 0 Å². The molecule has 1 unspecified atom stereocenters. The van der Waals surface area contributed by atoms with Gasteiger partial charge in [0.15, 0.2) is 5.84 Å². The zero-order chi connectivity index (χ0) is 12.1. The van der Waals surface area contributed by atoms with E-state index in [1.807, 2.05) is 37.9 Å². The standard InChI is InChI=1S/C11H18N4O/c1-8-5-4-6-13-10(8)7-15(3)9(2)11(12)14-16/h4-6,9,16H,7H2,1-3H3,(H2,12,14). The number of hydrogen-bond acceptors (Lipinski definition) is 4. The van der Waals surface area contributed by atoms with E-state index in [2.05, 4.69) is 10.1 Å². The van der Waals surface area contributed by atoms with Crippen LogP contribution in [0.25, 0.3) is 0 Å². The van der Waals surface area contributed by atoms with Crippen molar-refractivity contribution in [3.63, 3.8) is 0 Å². The summed E-state index contributed by atoms with van der Waals surface area (Å²) >= 11 is 0. The smallest absolute Gasteiger partial charge is 0.156 e. The number of nitrogens with zero attached hydrogens (tertiary/aromatic N) is 3. The van der Waals surface area contributed by atoms with Gasteiger partial charge in [-0.3, -0.25) is 9.88 Å². The van der Waals surface area contributed by atoms with Gasteiger partial charge < -0.3 is 10.9 Å². The van der Waals surface area contributed by atoms with Crippen LogP contribution in [0.5, 0.6) is 0 Å². The maximum atomic E-state index is 8.60. The minimum absolute atomic E-state index is 0.119. The first-order chi connectivity index (χ1) is 7.56. The molecule has 3 N–H and O–H groups in total. The second kappa shape index (κ2) is 5.46. The van der Waals surface area contributed by atoms with Crippen molar-refractivity contribution in [1.82, 2.24) is 9.88 Å². The maximum Gasteiger partial charge on any atom is 0.156 e. The summed E-state index contributed by atoms with van der Waals surface area (Å²) in [4.78, 5) is 6.28. The maximum absolute atomic E-state index is 8.60. The van der Waals surface area contributed by atoms with Gasteiger partial charge in [0.1, 0.15) is 0 Å². The highest BCUT2D eigenvalue weighted by atomic mass is 16.4. The van der Waals surface area contributed by atoms with Crippen molar-refractivity contribution in [3.8, 4) is 0 Å². The normalized spacial score (nSPS) is 14.1. The zero-order valence-corrected chi connectivity index (χ0v) is 9.88. The summed E-state index contributed by atoms with van der Waals surface area (Å²) in [7, 11) is 1.91. The van der Waals surface area contributed by atoms with Gasteiger partial charge in [-0.05, 0) is 32.5 Å². The summed E-state index contributed by atoms with van der Waals surface area (Å²) < 4.78 is 0. The van der Waals surface area contributed by atoms with E-state index in [1.54, 1.807) is 6.20 Å². The molecule has 0 aliphatic heterocycles. The Hall–Kier alpha value is -1.62. The van der Waals surface area contributed by atoms with Gasteiger partial charge in [-0.2, -0.15) is 0 Å². The summed E-state index contributed by atoms with van der Waals surface area (Å²) in [6.45, 7) is 4.57. The second-order valence-corrected chi connectivity index (χ2v) is 3.88. The molecule has 0 aliphatic carbocycles. The average Bonchev–Trinajstić information content (AvgIpc) is 2.30. The van der Waals surface area contributed by atoms with Crippen LogP contribution in [0.3, 0.4) is 0 Å². The van der Waals surface area contributed by atoms with Crippen molar-refractivity contribution in [1.29, 1.82) is 0 Å². The third-order valence-electron chi connectivity index (χ3n) is 2.72. The lowest BCUT2D eigenvalue weighted by atomic mass is 10.2. The number of pyridine rings is 1. The largest absolute Gasteiger partial charge is 0.409 e. The first kappa shape index (κ1) is 12.4. The first-order valence-corrected chi connectivity index (χ1v) is 5.14. The number of oxime groups is 1. The molecule has 1 heterocycles. The minimum Gasteiger partial charge on any atom is -0.409 e. The molecule has 0 aliphatic rings. The molecule has 1 aromatic heterocycles. The molecule has 0 radical (unpaired) electrons. The molecular formula is C11H18N4O. The number of aryl methyl sites for hydroxylation is 1. The lowest BCUT2D eigenvalue weighted by molar-refractivity contribution is 0.276. The number of rotatable bonds is 4. The fourth-order valence-corrected chi connectivity index (χ4v) is 1.37. The van der Waals surface area contributed by atoms with E-state index in [0.717, 1.165) is 11.3 Å². The van der Waals surface area contributed by atoms with Crippen molar-refractivity contribution < 1.29 is 5.21 Å². The molecule has 0 saturated carbocycles. The van der Waals surface area contributed by atoms with E-state index < -0.39 is 0 Å². The second-order valence-electron chi connectivity index (χ2n) is 3.88. The quantitative estimate of drug-likeness (QED) is 0.344. The summed E-state index contributed by atoms with van der Waals surface area (Å²) in [5.41, 5.74) is 7.69. The molecule has 1 aromatic rings. The van der Waals surface area contributed by atoms with Gasteiger partial charge in [0.25, 0.3) is 0 Å². The molecular weight excluding hydrogens is 204 g/mol. The van der Waals surface area contributed by atoms with Crippen LogP contribution in [0, 0.1) is 6.92 Å². The SMILES string of the molecule is Cc1cccnc1CN(C)C(C)/C(N)=N/O. The Labute approximate surface area is 95.6 Å². The van der Waals surface area contributed by atoms with Gasteiger partial charge >= 0.3 is 0 Å². The first-order valence-electron chi connectivity index (χ1n) is 5.14. The Kier molecular flexibility index (Phi) is 4.25. The molecule has 1 rings (SSSR count). The molecule has 16 heavy (non-hydrogen) atoms. The lowest BCUT2D eigenvalue weighted by Gasteiger charge is -2.23. The molecule has 88 valence electrons. The van der Waals surface area contributed by atoms with Gasteiger partial charge in [-0.25, -0.2) is 0 Å². The Morgan fingerprint density at radius 2 is 2.38 bits per heavy atom. The van der Waals surface area contributed by atoms with Gasteiger partial charge in [0, 0.05) is 12.7 Å². The number of likely N-dealkylation sites (N-methyl/N-ethyl adjacent to an activating group) is 1. The highest BCUT2D eigenvalue weighted by molar-refractivity contribution is 5.84. The van der Waals surface area contributed by atoms with Crippen molar-refractivity contribution in [3.05, 3.63) is 29.6 Å². The van der Waals surface area contributed by atoms with E-state index in [9.17, 15) is 0 Å². The lowest BCUT2D eigenvalue weighted by Crippen LogP contribution is -2.40. The predicted molar refractivity (Wildman–Crippen MR) is 63.3 cm³/mol. The molecule has 5 heteroatoms. The van der Waals surface area contributed by atoms with Crippen LogP contribution in [-0.4, -0.2) is 34.0 Å². The van der Waals surface area contributed by atoms with E-state index in [-0.39, 0.29) is 11.9 Å². The monoisotopic (exact) mass is 222 g/mol. The molecule has 0 fully saturated rings. The Bertz CT molecular complexity index is 378.